The Morgan fingerprint density at radius 2 is 2.00 bits per heavy atom. The molecule has 0 aliphatic carbocycles. The summed E-state index contributed by atoms with van der Waals surface area (Å²) in [5.41, 5.74) is 2.51. The second-order valence-corrected chi connectivity index (χ2v) is 2.95. The van der Waals surface area contributed by atoms with Gasteiger partial charge in [-0.3, -0.25) is 0 Å². The van der Waals surface area contributed by atoms with Gasteiger partial charge in [-0.25, -0.2) is 4.39 Å². The van der Waals surface area contributed by atoms with Gasteiger partial charge in [0, 0.05) is 11.1 Å². The van der Waals surface area contributed by atoms with Gasteiger partial charge in [0.2, 0.25) is 0 Å². The zero-order valence-corrected chi connectivity index (χ0v) is 7.53. The average Bonchev–Trinajstić information content (AvgIpc) is 2.67. The summed E-state index contributed by atoms with van der Waals surface area (Å²) in [6, 6.07) is 6.15. The van der Waals surface area contributed by atoms with E-state index in [1.54, 1.807) is 18.4 Å². The molecule has 0 atom stereocenters. The van der Waals surface area contributed by atoms with Gasteiger partial charge >= 0.3 is 0 Å². The first-order chi connectivity index (χ1) is 6.81. The Hall–Kier alpha value is -1.64. The van der Waals surface area contributed by atoms with Gasteiger partial charge in [-0.05, 0) is 37.6 Å². The molecule has 3 heteroatoms. The van der Waals surface area contributed by atoms with E-state index in [1.807, 2.05) is 0 Å². The molecule has 1 heterocycles. The van der Waals surface area contributed by atoms with Crippen LogP contribution in [0.25, 0.3) is 11.3 Å². The minimum absolute atomic E-state index is 0.256. The first-order valence-electron chi connectivity index (χ1n) is 4.29. The molecule has 0 fully saturated rings. The molecular weight excluding hydrogens is 181 g/mol. The molecule has 0 saturated heterocycles. The SMILES string of the molecule is [CH2]Cc1conc1-c1ccc(F)cc1. The smallest absolute Gasteiger partial charge is 0.127 e. The first-order valence-corrected chi connectivity index (χ1v) is 4.29. The van der Waals surface area contributed by atoms with Crippen LogP contribution in [0.5, 0.6) is 0 Å². The van der Waals surface area contributed by atoms with Crippen molar-refractivity contribution < 1.29 is 8.91 Å². The summed E-state index contributed by atoms with van der Waals surface area (Å²) in [6.07, 6.45) is 2.17. The van der Waals surface area contributed by atoms with Crippen LogP contribution >= 0.6 is 0 Å². The number of rotatable bonds is 2. The van der Waals surface area contributed by atoms with Crippen LogP contribution in [0, 0.1) is 12.7 Å². The van der Waals surface area contributed by atoms with Crippen molar-refractivity contribution in [1.29, 1.82) is 0 Å². The lowest BCUT2D eigenvalue weighted by atomic mass is 10.1. The van der Waals surface area contributed by atoms with Gasteiger partial charge in [-0.1, -0.05) is 5.16 Å². The van der Waals surface area contributed by atoms with Crippen molar-refractivity contribution in [2.45, 2.75) is 6.42 Å². The maximum absolute atomic E-state index is 12.7. The van der Waals surface area contributed by atoms with E-state index in [0.29, 0.717) is 6.42 Å². The fourth-order valence-corrected chi connectivity index (χ4v) is 1.28. The third-order valence-corrected chi connectivity index (χ3v) is 2.03. The molecule has 2 nitrogen and oxygen atoms in total. The highest BCUT2D eigenvalue weighted by Crippen LogP contribution is 2.22. The van der Waals surface area contributed by atoms with Crippen molar-refractivity contribution in [1.82, 2.24) is 5.16 Å². The van der Waals surface area contributed by atoms with E-state index >= 15 is 0 Å². The monoisotopic (exact) mass is 190 g/mol. The lowest BCUT2D eigenvalue weighted by Crippen LogP contribution is -1.84. The number of halogens is 1. The third kappa shape index (κ3) is 1.53. The van der Waals surface area contributed by atoms with Crippen LogP contribution < -0.4 is 0 Å². The molecule has 0 unspecified atom stereocenters. The zero-order valence-electron chi connectivity index (χ0n) is 7.53. The summed E-state index contributed by atoms with van der Waals surface area (Å²) in [4.78, 5) is 0. The largest absolute Gasteiger partial charge is 0.364 e. The Morgan fingerprint density at radius 3 is 2.64 bits per heavy atom. The van der Waals surface area contributed by atoms with Gasteiger partial charge < -0.3 is 4.52 Å². The first kappa shape index (κ1) is 8.94. The molecule has 2 rings (SSSR count). The highest BCUT2D eigenvalue weighted by atomic mass is 19.1. The molecular formula is C11H9FNO. The molecule has 0 aliphatic rings. The standard InChI is InChI=1S/C11H9FNO/c1-2-8-7-14-13-11(8)9-3-5-10(12)6-4-9/h3-7H,1-2H2. The molecule has 14 heavy (non-hydrogen) atoms. The van der Waals surface area contributed by atoms with Crippen molar-refractivity contribution >= 4 is 0 Å². The molecule has 2 aromatic rings. The van der Waals surface area contributed by atoms with Crippen LogP contribution in [0.3, 0.4) is 0 Å². The van der Waals surface area contributed by atoms with Crippen molar-refractivity contribution in [3.8, 4) is 11.3 Å². The Kier molecular flexibility index (Phi) is 2.31. The van der Waals surface area contributed by atoms with E-state index in [2.05, 4.69) is 12.1 Å². The fraction of sp³-hybridized carbons (Fsp3) is 0.0909. The summed E-state index contributed by atoms with van der Waals surface area (Å²) < 4.78 is 17.5. The van der Waals surface area contributed by atoms with E-state index < -0.39 is 0 Å². The molecule has 71 valence electrons. The summed E-state index contributed by atoms with van der Waals surface area (Å²) in [7, 11) is 0. The Morgan fingerprint density at radius 1 is 1.29 bits per heavy atom. The fourth-order valence-electron chi connectivity index (χ4n) is 1.28. The minimum atomic E-state index is -0.256. The topological polar surface area (TPSA) is 26.0 Å². The van der Waals surface area contributed by atoms with E-state index in [0.717, 1.165) is 16.8 Å². The van der Waals surface area contributed by atoms with Crippen molar-refractivity contribution in [2.24, 2.45) is 0 Å². The lowest BCUT2D eigenvalue weighted by molar-refractivity contribution is 0.421. The van der Waals surface area contributed by atoms with Crippen LogP contribution in [0.15, 0.2) is 35.1 Å². The van der Waals surface area contributed by atoms with Crippen LogP contribution in [-0.4, -0.2) is 5.16 Å². The number of nitrogens with zero attached hydrogens (tertiary/aromatic N) is 1. The Bertz CT molecular complexity index is 419. The zero-order chi connectivity index (χ0) is 9.97. The quantitative estimate of drug-likeness (QED) is 0.727. The van der Waals surface area contributed by atoms with Crippen molar-refractivity contribution in [2.75, 3.05) is 0 Å². The molecule has 1 aromatic heterocycles. The summed E-state index contributed by atoms with van der Waals surface area (Å²) in [5.74, 6) is -0.256. The average molecular weight is 190 g/mol. The molecule has 0 amide bonds. The maximum Gasteiger partial charge on any atom is 0.127 e. The molecule has 1 aromatic carbocycles. The number of hydrogen-bond donors (Lipinski definition) is 0. The van der Waals surface area contributed by atoms with Gasteiger partial charge in [0.25, 0.3) is 0 Å². The number of aromatic nitrogens is 1. The normalized spacial score (nSPS) is 10.4. The van der Waals surface area contributed by atoms with Gasteiger partial charge in [0.15, 0.2) is 0 Å². The Balaban J connectivity index is 2.44. The summed E-state index contributed by atoms with van der Waals surface area (Å²) >= 11 is 0. The maximum atomic E-state index is 12.7. The summed E-state index contributed by atoms with van der Waals surface area (Å²) in [5, 5.41) is 3.85. The van der Waals surface area contributed by atoms with Gasteiger partial charge in [0.1, 0.15) is 17.8 Å². The molecule has 0 N–H and O–H groups in total. The van der Waals surface area contributed by atoms with Gasteiger partial charge in [-0.15, -0.1) is 0 Å². The molecule has 1 radical (unpaired) electrons. The predicted molar refractivity (Wildman–Crippen MR) is 51.0 cm³/mol. The molecule has 0 aliphatic heterocycles. The highest BCUT2D eigenvalue weighted by molar-refractivity contribution is 5.62. The van der Waals surface area contributed by atoms with Crippen LogP contribution in [0.4, 0.5) is 4.39 Å². The van der Waals surface area contributed by atoms with Crippen LogP contribution in [0.1, 0.15) is 5.56 Å². The second kappa shape index (κ2) is 3.62. The van der Waals surface area contributed by atoms with Crippen molar-refractivity contribution in [3.05, 3.63) is 48.8 Å². The number of benzene rings is 1. The van der Waals surface area contributed by atoms with E-state index in [9.17, 15) is 4.39 Å². The summed E-state index contributed by atoms with van der Waals surface area (Å²) in [6.45, 7) is 3.76. The minimum Gasteiger partial charge on any atom is -0.364 e. The third-order valence-electron chi connectivity index (χ3n) is 2.03. The van der Waals surface area contributed by atoms with E-state index in [4.69, 9.17) is 4.52 Å². The lowest BCUT2D eigenvalue weighted by Gasteiger charge is -1.97. The van der Waals surface area contributed by atoms with Crippen molar-refractivity contribution in [3.63, 3.8) is 0 Å². The molecule has 0 spiro atoms. The molecule has 0 saturated carbocycles. The highest BCUT2D eigenvalue weighted by Gasteiger charge is 2.07. The Labute approximate surface area is 81.3 Å². The van der Waals surface area contributed by atoms with E-state index in [-0.39, 0.29) is 5.82 Å². The van der Waals surface area contributed by atoms with Gasteiger partial charge in [-0.2, -0.15) is 0 Å². The van der Waals surface area contributed by atoms with Crippen LogP contribution in [-0.2, 0) is 6.42 Å². The van der Waals surface area contributed by atoms with Crippen LogP contribution in [0.2, 0.25) is 0 Å². The second-order valence-electron chi connectivity index (χ2n) is 2.95. The van der Waals surface area contributed by atoms with E-state index in [1.165, 1.54) is 12.1 Å². The number of hydrogen-bond acceptors (Lipinski definition) is 2. The predicted octanol–water partition coefficient (Wildman–Crippen LogP) is 2.86. The molecule has 0 bridgehead atoms. The van der Waals surface area contributed by atoms with Gasteiger partial charge in [0.05, 0.1) is 0 Å².